The third-order valence-corrected chi connectivity index (χ3v) is 7.33. The standard InChI is InChI=1S/C24H24ClN5O4S/c1-13-6-15(16-7-21(25)27-9-19(16)33-2)17(8-26-13)22(31)29-24-28-18-10-30(11-20(18)35-24)23(32)14-4-3-5-34-12-14/h6-9,14H,3-5,10-12H2,1-2H3,(H,28,29,31)/t14-/m1/s1. The van der Waals surface area contributed by atoms with Crippen LogP contribution in [-0.4, -0.2) is 52.0 Å². The van der Waals surface area contributed by atoms with Crippen LogP contribution in [-0.2, 0) is 22.6 Å². The fraction of sp³-hybridized carbons (Fsp3) is 0.375. The normalized spacial score (nSPS) is 17.2. The number of rotatable bonds is 5. The highest BCUT2D eigenvalue weighted by Crippen LogP contribution is 2.36. The molecule has 2 amide bonds. The highest BCUT2D eigenvalue weighted by molar-refractivity contribution is 7.16. The Hall–Kier alpha value is -3.08. The van der Waals surface area contributed by atoms with Crippen molar-refractivity contribution >= 4 is 39.9 Å². The molecule has 2 aliphatic heterocycles. The Labute approximate surface area is 211 Å². The first-order chi connectivity index (χ1) is 16.9. The summed E-state index contributed by atoms with van der Waals surface area (Å²) in [5.41, 5.74) is 3.20. The van der Waals surface area contributed by atoms with Gasteiger partial charge in [0.2, 0.25) is 5.91 Å². The number of nitrogens with zero attached hydrogens (tertiary/aromatic N) is 4. The summed E-state index contributed by atoms with van der Waals surface area (Å²) >= 11 is 7.51. The second-order valence-corrected chi connectivity index (χ2v) is 10.0. The number of nitrogens with one attached hydrogen (secondary N) is 1. The average Bonchev–Trinajstić information content (AvgIpc) is 3.42. The van der Waals surface area contributed by atoms with E-state index in [0.717, 1.165) is 35.7 Å². The number of methoxy groups -OCH3 is 1. The molecular formula is C24H24ClN5O4S. The zero-order valence-corrected chi connectivity index (χ0v) is 20.9. The van der Waals surface area contributed by atoms with Crippen LogP contribution in [0.2, 0.25) is 5.15 Å². The Balaban J connectivity index is 1.34. The van der Waals surface area contributed by atoms with Crippen LogP contribution in [0.15, 0.2) is 24.5 Å². The molecule has 9 nitrogen and oxygen atoms in total. The van der Waals surface area contributed by atoms with Crippen LogP contribution in [0.4, 0.5) is 5.13 Å². The SMILES string of the molecule is COc1cnc(Cl)cc1-c1cc(C)ncc1C(=O)Nc1nc2c(s1)CN(C(=O)[C@@H]1CCCOC1)C2. The molecule has 0 aromatic carbocycles. The maximum Gasteiger partial charge on any atom is 0.259 e. The van der Waals surface area contributed by atoms with Crippen molar-refractivity contribution in [3.63, 3.8) is 0 Å². The zero-order valence-electron chi connectivity index (χ0n) is 19.3. The van der Waals surface area contributed by atoms with Gasteiger partial charge < -0.3 is 14.4 Å². The van der Waals surface area contributed by atoms with E-state index in [1.54, 1.807) is 6.07 Å². The summed E-state index contributed by atoms with van der Waals surface area (Å²) in [6, 6.07) is 3.47. The first-order valence-electron chi connectivity index (χ1n) is 11.3. The summed E-state index contributed by atoms with van der Waals surface area (Å²) in [4.78, 5) is 41.8. The number of hydrogen-bond acceptors (Lipinski definition) is 8. The number of amides is 2. The lowest BCUT2D eigenvalue weighted by Crippen LogP contribution is -2.36. The minimum Gasteiger partial charge on any atom is -0.494 e. The number of anilines is 1. The maximum atomic E-state index is 13.3. The van der Waals surface area contributed by atoms with Crippen molar-refractivity contribution < 1.29 is 19.1 Å². The summed E-state index contributed by atoms with van der Waals surface area (Å²) in [7, 11) is 1.54. The molecule has 0 spiro atoms. The van der Waals surface area contributed by atoms with E-state index < -0.39 is 0 Å². The molecule has 0 unspecified atom stereocenters. The summed E-state index contributed by atoms with van der Waals surface area (Å²) < 4.78 is 10.9. The number of carbonyl (C=O) groups excluding carboxylic acids is 2. The van der Waals surface area contributed by atoms with Gasteiger partial charge in [0.15, 0.2) is 5.13 Å². The van der Waals surface area contributed by atoms with E-state index in [1.807, 2.05) is 17.9 Å². The molecule has 5 heterocycles. The van der Waals surface area contributed by atoms with Gasteiger partial charge in [-0.15, -0.1) is 0 Å². The van der Waals surface area contributed by atoms with Crippen LogP contribution in [0, 0.1) is 12.8 Å². The van der Waals surface area contributed by atoms with Gasteiger partial charge in [0.05, 0.1) is 55.1 Å². The zero-order chi connectivity index (χ0) is 24.5. The Morgan fingerprint density at radius 1 is 1.23 bits per heavy atom. The van der Waals surface area contributed by atoms with Gasteiger partial charge in [-0.05, 0) is 31.9 Å². The van der Waals surface area contributed by atoms with Crippen molar-refractivity contribution in [3.05, 3.63) is 51.5 Å². The van der Waals surface area contributed by atoms with E-state index in [-0.39, 0.29) is 22.9 Å². The molecule has 0 saturated carbocycles. The lowest BCUT2D eigenvalue weighted by Gasteiger charge is -2.26. The van der Waals surface area contributed by atoms with Crippen molar-refractivity contribution in [2.75, 3.05) is 25.6 Å². The minimum atomic E-state index is -0.345. The van der Waals surface area contributed by atoms with Crippen LogP contribution in [0.5, 0.6) is 5.75 Å². The summed E-state index contributed by atoms with van der Waals surface area (Å²) in [6.45, 7) is 4.00. The van der Waals surface area contributed by atoms with Gasteiger partial charge in [-0.3, -0.25) is 19.9 Å². The Morgan fingerprint density at radius 3 is 2.83 bits per heavy atom. The molecule has 2 aliphatic rings. The van der Waals surface area contributed by atoms with Crippen molar-refractivity contribution in [1.82, 2.24) is 19.9 Å². The number of thiazole rings is 1. The molecule has 1 N–H and O–H groups in total. The lowest BCUT2D eigenvalue weighted by atomic mass is 10.0. The van der Waals surface area contributed by atoms with Crippen molar-refractivity contribution in [1.29, 1.82) is 0 Å². The second kappa shape index (κ2) is 9.88. The van der Waals surface area contributed by atoms with Gasteiger partial charge in [0, 0.05) is 29.6 Å². The van der Waals surface area contributed by atoms with E-state index in [1.165, 1.54) is 30.8 Å². The molecule has 0 bridgehead atoms. The molecule has 11 heteroatoms. The van der Waals surface area contributed by atoms with Gasteiger partial charge >= 0.3 is 0 Å². The third-order valence-electron chi connectivity index (χ3n) is 6.12. The van der Waals surface area contributed by atoms with Crippen molar-refractivity contribution in [2.24, 2.45) is 5.92 Å². The largest absolute Gasteiger partial charge is 0.494 e. The Kier molecular flexibility index (Phi) is 6.68. The average molecular weight is 514 g/mol. The van der Waals surface area contributed by atoms with Crippen LogP contribution in [0.25, 0.3) is 11.1 Å². The predicted octanol–water partition coefficient (Wildman–Crippen LogP) is 4.09. The molecule has 3 aromatic heterocycles. The summed E-state index contributed by atoms with van der Waals surface area (Å²) in [5, 5.41) is 3.67. The number of ether oxygens (including phenoxy) is 2. The fourth-order valence-electron chi connectivity index (χ4n) is 4.36. The molecule has 35 heavy (non-hydrogen) atoms. The quantitative estimate of drug-likeness (QED) is 0.512. The molecule has 182 valence electrons. The highest BCUT2D eigenvalue weighted by Gasteiger charge is 2.33. The van der Waals surface area contributed by atoms with E-state index in [0.29, 0.717) is 47.3 Å². The number of pyridine rings is 2. The van der Waals surface area contributed by atoms with Crippen LogP contribution in [0.1, 0.15) is 39.5 Å². The molecule has 1 fully saturated rings. The molecule has 0 aliphatic carbocycles. The second-order valence-electron chi connectivity index (χ2n) is 8.53. The van der Waals surface area contributed by atoms with Gasteiger partial charge in [0.25, 0.3) is 5.91 Å². The van der Waals surface area contributed by atoms with Crippen LogP contribution in [0.3, 0.4) is 0 Å². The monoisotopic (exact) mass is 513 g/mol. The van der Waals surface area contributed by atoms with E-state index in [4.69, 9.17) is 21.1 Å². The molecule has 1 atom stereocenters. The van der Waals surface area contributed by atoms with Gasteiger partial charge in [-0.1, -0.05) is 22.9 Å². The van der Waals surface area contributed by atoms with Crippen LogP contribution < -0.4 is 10.1 Å². The molecule has 0 radical (unpaired) electrons. The first kappa shape index (κ1) is 23.7. The number of carbonyl (C=O) groups is 2. The first-order valence-corrected chi connectivity index (χ1v) is 12.5. The van der Waals surface area contributed by atoms with Gasteiger partial charge in [0.1, 0.15) is 10.9 Å². The molecule has 5 rings (SSSR count). The summed E-state index contributed by atoms with van der Waals surface area (Å²) in [5.74, 6) is 0.182. The molecule has 1 saturated heterocycles. The number of halogens is 1. The van der Waals surface area contributed by atoms with E-state index >= 15 is 0 Å². The number of fused-ring (bicyclic) bond motifs is 1. The van der Waals surface area contributed by atoms with Crippen LogP contribution >= 0.6 is 22.9 Å². The Morgan fingerprint density at radius 2 is 2.09 bits per heavy atom. The summed E-state index contributed by atoms with van der Waals surface area (Å²) in [6.07, 6.45) is 4.82. The third kappa shape index (κ3) is 4.86. The number of aromatic nitrogens is 3. The molecular weight excluding hydrogens is 490 g/mol. The van der Waals surface area contributed by atoms with E-state index in [9.17, 15) is 9.59 Å². The topological polar surface area (TPSA) is 107 Å². The van der Waals surface area contributed by atoms with E-state index in [2.05, 4.69) is 20.3 Å². The lowest BCUT2D eigenvalue weighted by molar-refractivity contribution is -0.140. The van der Waals surface area contributed by atoms with Crippen molar-refractivity contribution in [2.45, 2.75) is 32.9 Å². The minimum absolute atomic E-state index is 0.0805. The van der Waals surface area contributed by atoms with Gasteiger partial charge in [-0.2, -0.15) is 0 Å². The van der Waals surface area contributed by atoms with Crippen molar-refractivity contribution in [3.8, 4) is 16.9 Å². The number of hydrogen-bond donors (Lipinski definition) is 1. The fourth-order valence-corrected chi connectivity index (χ4v) is 5.50. The highest BCUT2D eigenvalue weighted by atomic mass is 35.5. The predicted molar refractivity (Wildman–Crippen MR) is 132 cm³/mol. The smallest absolute Gasteiger partial charge is 0.259 e. The van der Waals surface area contributed by atoms with Gasteiger partial charge in [-0.25, -0.2) is 9.97 Å². The maximum absolute atomic E-state index is 13.3. The molecule has 3 aromatic rings. The Bertz CT molecular complexity index is 1270. The number of aryl methyl sites for hydroxylation is 1.